The standard InChI is InChI=1S/C10H12ClN5O3/c1-2-6-10(17)12-3-4-15(6)9-7(16(18)19)8(11)13-5-14-9/h5-6H,2-4H2,1H3,(H,12,17). The number of hydrogen-bond acceptors (Lipinski definition) is 6. The molecular formula is C10H12ClN5O3. The summed E-state index contributed by atoms with van der Waals surface area (Å²) in [5.74, 6) is -0.0792. The van der Waals surface area contributed by atoms with Crippen molar-refractivity contribution in [3.8, 4) is 0 Å². The molecule has 19 heavy (non-hydrogen) atoms. The van der Waals surface area contributed by atoms with E-state index in [1.807, 2.05) is 6.92 Å². The molecule has 0 saturated carbocycles. The number of nitrogens with one attached hydrogen (secondary N) is 1. The molecule has 0 aliphatic carbocycles. The fraction of sp³-hybridized carbons (Fsp3) is 0.500. The SMILES string of the molecule is CCC1C(=O)NCCN1c1ncnc(Cl)c1[N+](=O)[O-]. The van der Waals surface area contributed by atoms with Gasteiger partial charge in [0.1, 0.15) is 12.4 Å². The quantitative estimate of drug-likeness (QED) is 0.500. The van der Waals surface area contributed by atoms with E-state index >= 15 is 0 Å². The molecule has 0 bridgehead atoms. The average Bonchev–Trinajstić information content (AvgIpc) is 2.37. The van der Waals surface area contributed by atoms with E-state index in [2.05, 4.69) is 15.3 Å². The first-order chi connectivity index (χ1) is 9.06. The number of piperazine rings is 1. The Kier molecular flexibility index (Phi) is 3.79. The number of anilines is 1. The first-order valence-corrected chi connectivity index (χ1v) is 6.13. The average molecular weight is 286 g/mol. The Morgan fingerprint density at radius 2 is 2.37 bits per heavy atom. The molecule has 1 aromatic rings. The smallest absolute Gasteiger partial charge is 0.348 e. The Labute approximate surface area is 113 Å². The van der Waals surface area contributed by atoms with Crippen LogP contribution in [0.25, 0.3) is 0 Å². The highest BCUT2D eigenvalue weighted by atomic mass is 35.5. The number of carbonyl (C=O) groups is 1. The number of nitro groups is 1. The maximum atomic E-state index is 11.8. The van der Waals surface area contributed by atoms with E-state index in [1.165, 1.54) is 0 Å². The van der Waals surface area contributed by atoms with E-state index in [0.29, 0.717) is 19.5 Å². The van der Waals surface area contributed by atoms with Crippen molar-refractivity contribution in [3.05, 3.63) is 21.6 Å². The van der Waals surface area contributed by atoms with Crippen molar-refractivity contribution in [2.45, 2.75) is 19.4 Å². The zero-order valence-corrected chi connectivity index (χ0v) is 10.9. The summed E-state index contributed by atoms with van der Waals surface area (Å²) in [4.78, 5) is 31.4. The predicted molar refractivity (Wildman–Crippen MR) is 68.1 cm³/mol. The number of hydrogen-bond donors (Lipinski definition) is 1. The topological polar surface area (TPSA) is 101 Å². The van der Waals surface area contributed by atoms with Crippen LogP contribution < -0.4 is 10.2 Å². The Morgan fingerprint density at radius 1 is 1.63 bits per heavy atom. The van der Waals surface area contributed by atoms with Crippen LogP contribution in [-0.4, -0.2) is 39.9 Å². The van der Waals surface area contributed by atoms with Crippen LogP contribution in [0, 0.1) is 10.1 Å². The normalized spacial score (nSPS) is 19.2. The molecule has 2 rings (SSSR count). The molecule has 1 unspecified atom stereocenters. The van der Waals surface area contributed by atoms with Crippen LogP contribution in [0.15, 0.2) is 6.33 Å². The molecule has 1 saturated heterocycles. The molecule has 2 heterocycles. The summed E-state index contributed by atoms with van der Waals surface area (Å²) in [6.07, 6.45) is 1.68. The molecule has 8 nitrogen and oxygen atoms in total. The number of halogens is 1. The van der Waals surface area contributed by atoms with Crippen molar-refractivity contribution in [1.82, 2.24) is 15.3 Å². The van der Waals surface area contributed by atoms with Crippen LogP contribution in [0.5, 0.6) is 0 Å². The molecule has 1 aliphatic rings. The van der Waals surface area contributed by atoms with Crippen molar-refractivity contribution < 1.29 is 9.72 Å². The van der Waals surface area contributed by atoms with Crippen molar-refractivity contribution in [1.29, 1.82) is 0 Å². The van der Waals surface area contributed by atoms with Crippen LogP contribution in [0.2, 0.25) is 5.15 Å². The van der Waals surface area contributed by atoms with Gasteiger partial charge in [-0.1, -0.05) is 18.5 Å². The third-order valence-electron chi connectivity index (χ3n) is 2.93. The lowest BCUT2D eigenvalue weighted by atomic mass is 10.1. The largest absolute Gasteiger partial charge is 0.353 e. The van der Waals surface area contributed by atoms with Crippen molar-refractivity contribution >= 4 is 29.0 Å². The molecule has 1 N–H and O–H groups in total. The summed E-state index contributed by atoms with van der Waals surface area (Å²) >= 11 is 5.75. The second kappa shape index (κ2) is 5.35. The van der Waals surface area contributed by atoms with Crippen LogP contribution in [0.3, 0.4) is 0 Å². The molecule has 1 atom stereocenters. The first kappa shape index (κ1) is 13.5. The fourth-order valence-electron chi connectivity index (χ4n) is 2.09. The summed E-state index contributed by atoms with van der Waals surface area (Å²) in [6, 6.07) is -0.488. The zero-order valence-electron chi connectivity index (χ0n) is 10.2. The Hall–Kier alpha value is -1.96. The monoisotopic (exact) mass is 285 g/mol. The highest BCUT2D eigenvalue weighted by Crippen LogP contribution is 2.33. The van der Waals surface area contributed by atoms with Gasteiger partial charge in [0.15, 0.2) is 0 Å². The molecule has 1 aliphatic heterocycles. The molecule has 102 valence electrons. The van der Waals surface area contributed by atoms with Gasteiger partial charge >= 0.3 is 5.69 Å². The number of amides is 1. The highest BCUT2D eigenvalue weighted by molar-refractivity contribution is 6.31. The first-order valence-electron chi connectivity index (χ1n) is 5.75. The maximum absolute atomic E-state index is 11.8. The molecule has 1 fully saturated rings. The summed E-state index contributed by atoms with van der Waals surface area (Å²) < 4.78 is 0. The zero-order chi connectivity index (χ0) is 14.0. The van der Waals surface area contributed by atoms with Gasteiger partial charge in [-0.3, -0.25) is 14.9 Å². The van der Waals surface area contributed by atoms with E-state index in [1.54, 1.807) is 4.90 Å². The van der Waals surface area contributed by atoms with Crippen LogP contribution in [-0.2, 0) is 4.79 Å². The second-order valence-corrected chi connectivity index (χ2v) is 4.36. The van der Waals surface area contributed by atoms with E-state index in [0.717, 1.165) is 6.33 Å². The molecule has 1 aromatic heterocycles. The minimum atomic E-state index is -0.628. The van der Waals surface area contributed by atoms with E-state index in [4.69, 9.17) is 11.6 Å². The van der Waals surface area contributed by atoms with Gasteiger partial charge in [0.05, 0.1) is 4.92 Å². The van der Waals surface area contributed by atoms with E-state index in [9.17, 15) is 14.9 Å². The molecule has 1 amide bonds. The third-order valence-corrected chi connectivity index (χ3v) is 3.21. The minimum absolute atomic E-state index is 0.0895. The Bertz CT molecular complexity index is 524. The van der Waals surface area contributed by atoms with Gasteiger partial charge < -0.3 is 10.2 Å². The van der Waals surface area contributed by atoms with Gasteiger partial charge in [0.25, 0.3) is 0 Å². The summed E-state index contributed by atoms with van der Waals surface area (Å²) in [7, 11) is 0. The van der Waals surface area contributed by atoms with Crippen LogP contribution in [0.1, 0.15) is 13.3 Å². The van der Waals surface area contributed by atoms with Gasteiger partial charge in [-0.05, 0) is 6.42 Å². The third kappa shape index (κ3) is 2.43. The van der Waals surface area contributed by atoms with Gasteiger partial charge in [-0.2, -0.15) is 0 Å². The van der Waals surface area contributed by atoms with Crippen LogP contribution >= 0.6 is 11.6 Å². The fourth-order valence-corrected chi connectivity index (χ4v) is 2.29. The lowest BCUT2D eigenvalue weighted by Crippen LogP contribution is -2.55. The Balaban J connectivity index is 2.48. The molecular weight excluding hydrogens is 274 g/mol. The lowest BCUT2D eigenvalue weighted by Gasteiger charge is -2.34. The summed E-state index contributed by atoms with van der Waals surface area (Å²) in [6.45, 7) is 2.68. The number of nitrogens with zero attached hydrogens (tertiary/aromatic N) is 4. The molecule has 0 aromatic carbocycles. The van der Waals surface area contributed by atoms with Gasteiger partial charge in [0, 0.05) is 13.1 Å². The summed E-state index contributed by atoms with van der Waals surface area (Å²) in [5.41, 5.74) is -0.364. The summed E-state index contributed by atoms with van der Waals surface area (Å²) in [5, 5.41) is 13.6. The van der Waals surface area contributed by atoms with E-state index in [-0.39, 0.29) is 22.6 Å². The lowest BCUT2D eigenvalue weighted by molar-refractivity contribution is -0.384. The van der Waals surface area contributed by atoms with Gasteiger partial charge in [-0.15, -0.1) is 0 Å². The molecule has 0 radical (unpaired) electrons. The van der Waals surface area contributed by atoms with Gasteiger partial charge in [0.2, 0.25) is 16.9 Å². The maximum Gasteiger partial charge on any atom is 0.348 e. The Morgan fingerprint density at radius 3 is 3.00 bits per heavy atom. The highest BCUT2D eigenvalue weighted by Gasteiger charge is 2.34. The van der Waals surface area contributed by atoms with Crippen molar-refractivity contribution in [2.24, 2.45) is 0 Å². The molecule has 0 spiro atoms. The number of aromatic nitrogens is 2. The predicted octanol–water partition coefficient (Wildman–Crippen LogP) is 0.753. The van der Waals surface area contributed by atoms with Crippen molar-refractivity contribution in [2.75, 3.05) is 18.0 Å². The number of rotatable bonds is 3. The molecule has 9 heteroatoms. The van der Waals surface area contributed by atoms with Crippen molar-refractivity contribution in [3.63, 3.8) is 0 Å². The minimum Gasteiger partial charge on any atom is -0.353 e. The van der Waals surface area contributed by atoms with Crippen LogP contribution in [0.4, 0.5) is 11.5 Å². The second-order valence-electron chi connectivity index (χ2n) is 4.00. The van der Waals surface area contributed by atoms with Gasteiger partial charge in [-0.25, -0.2) is 9.97 Å². The number of carbonyl (C=O) groups excluding carboxylic acids is 1. The van der Waals surface area contributed by atoms with E-state index < -0.39 is 11.0 Å².